The van der Waals surface area contributed by atoms with E-state index in [1.807, 2.05) is 54.6 Å². The average molecular weight is 486 g/mol. The number of aromatic nitrogens is 2. The normalized spacial score (nSPS) is 11.3. The lowest BCUT2D eigenvalue weighted by atomic mass is 10.0. The topological polar surface area (TPSA) is 41.0 Å². The summed E-state index contributed by atoms with van der Waals surface area (Å²) in [4.78, 5) is 11.8. The third kappa shape index (κ3) is 5.00. The Morgan fingerprint density at radius 2 is 1.56 bits per heavy atom. The van der Waals surface area contributed by atoms with Crippen LogP contribution in [0.2, 0.25) is 15.1 Å². The zero-order valence-electron chi connectivity index (χ0n) is 17.9. The fraction of sp³-hybridized carbons (Fsp3) is 0.200. The Kier molecular flexibility index (Phi) is 7.17. The molecule has 0 atom stereocenters. The quantitative estimate of drug-likeness (QED) is 0.279. The molecule has 164 valence electrons. The zero-order valence-corrected chi connectivity index (χ0v) is 20.1. The van der Waals surface area contributed by atoms with Crippen LogP contribution in [0.25, 0.3) is 33.4 Å². The van der Waals surface area contributed by atoms with E-state index in [1.165, 1.54) is 0 Å². The van der Waals surface area contributed by atoms with Crippen molar-refractivity contribution in [3.8, 4) is 22.5 Å². The molecule has 0 aliphatic rings. The Morgan fingerprint density at radius 1 is 0.844 bits per heavy atom. The molecule has 0 fully saturated rings. The van der Waals surface area contributed by atoms with Crippen LogP contribution in [-0.2, 0) is 0 Å². The third-order valence-electron chi connectivity index (χ3n) is 5.14. The molecular formula is C25H23Cl3N4. The van der Waals surface area contributed by atoms with Gasteiger partial charge in [0.2, 0.25) is 0 Å². The van der Waals surface area contributed by atoms with Crippen LogP contribution >= 0.6 is 34.8 Å². The smallest absolute Gasteiger partial charge is 0.162 e. The van der Waals surface area contributed by atoms with Crippen LogP contribution in [0.15, 0.2) is 60.7 Å². The number of benzene rings is 3. The first-order chi connectivity index (χ1) is 15.4. The monoisotopic (exact) mass is 484 g/mol. The largest absolute Gasteiger partial charge is 0.369 e. The minimum absolute atomic E-state index is 0.521. The molecule has 0 spiro atoms. The van der Waals surface area contributed by atoms with Gasteiger partial charge in [0.1, 0.15) is 5.82 Å². The number of nitrogens with one attached hydrogen (secondary N) is 1. The molecule has 0 bridgehead atoms. The van der Waals surface area contributed by atoms with E-state index in [1.54, 1.807) is 6.07 Å². The predicted octanol–water partition coefficient (Wildman–Crippen LogP) is 7.29. The Bertz CT molecular complexity index is 1260. The molecule has 1 heterocycles. The summed E-state index contributed by atoms with van der Waals surface area (Å²) in [6.45, 7) is 1.79. The van der Waals surface area contributed by atoms with Gasteiger partial charge in [-0.2, -0.15) is 0 Å². The Morgan fingerprint density at radius 3 is 2.38 bits per heavy atom. The number of nitrogens with zero attached hydrogens (tertiary/aromatic N) is 3. The SMILES string of the molecule is CN(C)CCCNc1nc(-c2cccc(-c3cccc(Cl)c3Cl)c2)nc2c(Cl)cccc12. The van der Waals surface area contributed by atoms with Gasteiger partial charge in [0, 0.05) is 23.1 Å². The highest BCUT2D eigenvalue weighted by molar-refractivity contribution is 6.43. The number of hydrogen-bond acceptors (Lipinski definition) is 4. The van der Waals surface area contributed by atoms with Gasteiger partial charge in [0.05, 0.1) is 20.6 Å². The van der Waals surface area contributed by atoms with Gasteiger partial charge in [-0.25, -0.2) is 9.97 Å². The molecule has 4 aromatic rings. The first-order valence-corrected chi connectivity index (χ1v) is 11.5. The zero-order chi connectivity index (χ0) is 22.7. The fourth-order valence-corrected chi connectivity index (χ4v) is 4.16. The highest BCUT2D eigenvalue weighted by Crippen LogP contribution is 2.35. The molecule has 7 heteroatoms. The minimum Gasteiger partial charge on any atom is -0.369 e. The van der Waals surface area contributed by atoms with Crippen molar-refractivity contribution in [1.82, 2.24) is 14.9 Å². The van der Waals surface area contributed by atoms with Crippen LogP contribution in [0.1, 0.15) is 6.42 Å². The number of para-hydroxylation sites is 1. The highest BCUT2D eigenvalue weighted by atomic mass is 35.5. The molecule has 3 aromatic carbocycles. The predicted molar refractivity (Wildman–Crippen MR) is 137 cm³/mol. The molecule has 0 unspecified atom stereocenters. The van der Waals surface area contributed by atoms with Gasteiger partial charge in [0.25, 0.3) is 0 Å². The van der Waals surface area contributed by atoms with E-state index in [2.05, 4.69) is 24.3 Å². The molecule has 0 saturated heterocycles. The number of rotatable bonds is 7. The number of fused-ring (bicyclic) bond motifs is 1. The second-order valence-electron chi connectivity index (χ2n) is 7.80. The minimum atomic E-state index is 0.521. The Balaban J connectivity index is 1.76. The molecule has 0 radical (unpaired) electrons. The summed E-state index contributed by atoms with van der Waals surface area (Å²) in [7, 11) is 4.13. The number of hydrogen-bond donors (Lipinski definition) is 1. The van der Waals surface area contributed by atoms with Crippen LogP contribution < -0.4 is 5.32 Å². The van der Waals surface area contributed by atoms with Crippen LogP contribution in [-0.4, -0.2) is 42.1 Å². The lowest BCUT2D eigenvalue weighted by Crippen LogP contribution is -2.17. The van der Waals surface area contributed by atoms with Gasteiger partial charge in [-0.15, -0.1) is 0 Å². The van der Waals surface area contributed by atoms with Crippen molar-refractivity contribution in [2.45, 2.75) is 6.42 Å². The van der Waals surface area contributed by atoms with Crippen LogP contribution in [0.5, 0.6) is 0 Å². The Labute approximate surface area is 203 Å². The van der Waals surface area contributed by atoms with Crippen LogP contribution in [0, 0.1) is 0 Å². The average Bonchev–Trinajstić information content (AvgIpc) is 2.79. The second kappa shape index (κ2) is 10.1. The van der Waals surface area contributed by atoms with Crippen LogP contribution in [0.4, 0.5) is 5.82 Å². The van der Waals surface area contributed by atoms with Gasteiger partial charge in [-0.05, 0) is 56.9 Å². The van der Waals surface area contributed by atoms with Gasteiger partial charge in [0.15, 0.2) is 5.82 Å². The summed E-state index contributed by atoms with van der Waals surface area (Å²) in [6.07, 6.45) is 0.997. The maximum atomic E-state index is 6.50. The molecule has 0 aliphatic carbocycles. The summed E-state index contributed by atoms with van der Waals surface area (Å²) in [6, 6.07) is 19.3. The summed E-state index contributed by atoms with van der Waals surface area (Å²) in [5, 5.41) is 6.01. The maximum Gasteiger partial charge on any atom is 0.162 e. The van der Waals surface area contributed by atoms with Crippen molar-refractivity contribution in [3.05, 3.63) is 75.7 Å². The molecule has 1 aromatic heterocycles. The second-order valence-corrected chi connectivity index (χ2v) is 8.99. The first-order valence-electron chi connectivity index (χ1n) is 10.3. The van der Waals surface area contributed by atoms with Crippen molar-refractivity contribution < 1.29 is 0 Å². The summed E-state index contributed by atoms with van der Waals surface area (Å²) in [5.74, 6) is 1.37. The third-order valence-corrected chi connectivity index (χ3v) is 6.26. The summed E-state index contributed by atoms with van der Waals surface area (Å²) in [5.41, 5.74) is 3.40. The van der Waals surface area contributed by atoms with Gasteiger partial charge in [-0.3, -0.25) is 0 Å². The van der Waals surface area contributed by atoms with Crippen molar-refractivity contribution >= 4 is 51.5 Å². The molecule has 32 heavy (non-hydrogen) atoms. The van der Waals surface area contributed by atoms with E-state index in [4.69, 9.17) is 44.8 Å². The van der Waals surface area contributed by atoms with Gasteiger partial charge >= 0.3 is 0 Å². The molecular weight excluding hydrogens is 463 g/mol. The van der Waals surface area contributed by atoms with E-state index in [0.29, 0.717) is 20.9 Å². The number of anilines is 1. The van der Waals surface area contributed by atoms with Crippen molar-refractivity contribution in [2.24, 2.45) is 0 Å². The lowest BCUT2D eigenvalue weighted by molar-refractivity contribution is 0.405. The van der Waals surface area contributed by atoms with E-state index < -0.39 is 0 Å². The van der Waals surface area contributed by atoms with E-state index in [0.717, 1.165) is 52.9 Å². The fourth-order valence-electron chi connectivity index (χ4n) is 3.54. The lowest BCUT2D eigenvalue weighted by Gasteiger charge is -2.14. The van der Waals surface area contributed by atoms with Crippen molar-refractivity contribution in [1.29, 1.82) is 0 Å². The van der Waals surface area contributed by atoms with E-state index in [9.17, 15) is 0 Å². The Hall–Kier alpha value is -2.37. The maximum absolute atomic E-state index is 6.50. The van der Waals surface area contributed by atoms with E-state index in [-0.39, 0.29) is 0 Å². The summed E-state index contributed by atoms with van der Waals surface area (Å²) < 4.78 is 0. The summed E-state index contributed by atoms with van der Waals surface area (Å²) >= 11 is 19.2. The van der Waals surface area contributed by atoms with Crippen molar-refractivity contribution in [3.63, 3.8) is 0 Å². The molecule has 1 N–H and O–H groups in total. The van der Waals surface area contributed by atoms with Gasteiger partial charge < -0.3 is 10.2 Å². The standard InChI is InChI=1S/C25H23Cl3N4/c1-32(2)14-6-13-29-25-19-10-5-12-21(27)23(19)30-24(31-25)17-8-3-7-16(15-17)18-9-4-11-20(26)22(18)28/h3-5,7-12,15H,6,13-14H2,1-2H3,(H,29,30,31). The molecule has 0 amide bonds. The number of halogens is 3. The molecule has 4 rings (SSSR count). The molecule has 0 saturated carbocycles. The van der Waals surface area contributed by atoms with Gasteiger partial charge in [-0.1, -0.05) is 71.2 Å². The van der Waals surface area contributed by atoms with Crippen molar-refractivity contribution in [2.75, 3.05) is 32.5 Å². The van der Waals surface area contributed by atoms with Crippen LogP contribution in [0.3, 0.4) is 0 Å². The van der Waals surface area contributed by atoms with E-state index >= 15 is 0 Å². The highest BCUT2D eigenvalue weighted by Gasteiger charge is 2.13. The first kappa shape index (κ1) is 22.8. The molecule has 4 nitrogen and oxygen atoms in total. The molecule has 0 aliphatic heterocycles.